The Hall–Kier alpha value is 0.240. The second kappa shape index (κ2) is 5.96. The third-order valence-electron chi connectivity index (χ3n) is 2.84. The fraction of sp³-hybridized carbons (Fsp3) is 0.800. The van der Waals surface area contributed by atoms with Crippen LogP contribution in [0.15, 0.2) is 10.6 Å². The van der Waals surface area contributed by atoms with E-state index in [9.17, 15) is 0 Å². The number of piperidine rings is 1. The van der Waals surface area contributed by atoms with Gasteiger partial charge in [-0.05, 0) is 25.3 Å². The maximum Gasteiger partial charge on any atom is 0.0434 e. The minimum atomic E-state index is 0.462. The lowest BCUT2D eigenvalue weighted by Crippen LogP contribution is -2.46. The minimum Gasteiger partial charge on any atom is -0.329 e. The maximum atomic E-state index is 5.90. The molecule has 0 radical (unpaired) electrons. The highest BCUT2D eigenvalue weighted by Crippen LogP contribution is 2.23. The van der Waals surface area contributed by atoms with E-state index in [0.717, 1.165) is 19.0 Å². The first-order valence-electron chi connectivity index (χ1n) is 5.06. The van der Waals surface area contributed by atoms with Crippen LogP contribution in [0.4, 0.5) is 0 Å². The van der Waals surface area contributed by atoms with E-state index in [4.69, 9.17) is 28.9 Å². The molecule has 0 aliphatic carbocycles. The second-order valence-electron chi connectivity index (χ2n) is 4.05. The molecule has 0 spiro atoms. The van der Waals surface area contributed by atoms with E-state index in [1.807, 2.05) is 0 Å². The van der Waals surface area contributed by atoms with E-state index < -0.39 is 0 Å². The van der Waals surface area contributed by atoms with Gasteiger partial charge in [0, 0.05) is 29.7 Å². The first-order chi connectivity index (χ1) is 6.67. The predicted octanol–water partition coefficient (Wildman–Crippen LogP) is 2.36. The molecule has 0 aromatic rings. The van der Waals surface area contributed by atoms with Gasteiger partial charge in [0.2, 0.25) is 0 Å². The molecule has 2 N–H and O–H groups in total. The van der Waals surface area contributed by atoms with E-state index in [0.29, 0.717) is 17.6 Å². The minimum absolute atomic E-state index is 0.462. The molecular weight excluding hydrogens is 219 g/mol. The van der Waals surface area contributed by atoms with Crippen LogP contribution in [0.3, 0.4) is 0 Å². The third kappa shape index (κ3) is 3.43. The van der Waals surface area contributed by atoms with Crippen molar-refractivity contribution in [3.8, 4) is 0 Å². The lowest BCUT2D eigenvalue weighted by molar-refractivity contribution is 0.136. The molecule has 1 fully saturated rings. The Kier molecular flexibility index (Phi) is 5.24. The summed E-state index contributed by atoms with van der Waals surface area (Å²) in [7, 11) is 0. The summed E-state index contributed by atoms with van der Waals surface area (Å²) in [4.78, 5) is 2.32. The van der Waals surface area contributed by atoms with E-state index in [1.165, 1.54) is 18.4 Å². The molecule has 0 aromatic carbocycles. The van der Waals surface area contributed by atoms with Crippen LogP contribution in [0.5, 0.6) is 0 Å². The fourth-order valence-electron chi connectivity index (χ4n) is 1.98. The van der Waals surface area contributed by atoms with Crippen LogP contribution in [0.25, 0.3) is 0 Å². The smallest absolute Gasteiger partial charge is 0.0434 e. The Morgan fingerprint density at radius 2 is 2.36 bits per heavy atom. The van der Waals surface area contributed by atoms with Gasteiger partial charge in [0.1, 0.15) is 0 Å². The highest BCUT2D eigenvalue weighted by molar-refractivity contribution is 6.36. The van der Waals surface area contributed by atoms with Crippen molar-refractivity contribution in [3.05, 3.63) is 10.6 Å². The van der Waals surface area contributed by atoms with Crippen molar-refractivity contribution in [1.29, 1.82) is 0 Å². The summed E-state index contributed by atoms with van der Waals surface area (Å²) in [6.07, 6.45) is 2.39. The molecule has 4 heteroatoms. The quantitative estimate of drug-likeness (QED) is 0.816. The fourth-order valence-corrected chi connectivity index (χ4v) is 2.20. The van der Waals surface area contributed by atoms with Gasteiger partial charge in [0.05, 0.1) is 0 Å². The predicted molar refractivity (Wildman–Crippen MR) is 62.6 cm³/mol. The molecule has 0 saturated carbocycles. The Balaban J connectivity index is 2.50. The molecule has 0 aromatic heterocycles. The standard InChI is InChI=1S/C10H18Cl2N2/c1-8-2-3-14(7-9(12)5-11)10(4-8)6-13/h5,8,10H,2-4,6-7,13H2,1H3. The average molecular weight is 237 g/mol. The summed E-state index contributed by atoms with van der Waals surface area (Å²) in [5.41, 5.74) is 7.17. The zero-order valence-corrected chi connectivity index (χ0v) is 10.1. The maximum absolute atomic E-state index is 5.90. The monoisotopic (exact) mass is 236 g/mol. The van der Waals surface area contributed by atoms with Gasteiger partial charge in [-0.3, -0.25) is 4.90 Å². The Labute approximate surface area is 96.0 Å². The normalized spacial score (nSPS) is 30.7. The van der Waals surface area contributed by atoms with Crippen LogP contribution in [0.2, 0.25) is 0 Å². The number of nitrogens with two attached hydrogens (primary N) is 1. The van der Waals surface area contributed by atoms with Gasteiger partial charge >= 0.3 is 0 Å². The van der Waals surface area contributed by atoms with Crippen molar-refractivity contribution in [2.75, 3.05) is 19.6 Å². The molecule has 0 amide bonds. The lowest BCUT2D eigenvalue weighted by Gasteiger charge is -2.37. The molecule has 0 bridgehead atoms. The highest BCUT2D eigenvalue weighted by Gasteiger charge is 2.25. The van der Waals surface area contributed by atoms with E-state index in [2.05, 4.69) is 11.8 Å². The molecule has 1 aliphatic heterocycles. The summed E-state index contributed by atoms with van der Waals surface area (Å²) < 4.78 is 0. The van der Waals surface area contributed by atoms with Crippen molar-refractivity contribution in [1.82, 2.24) is 4.90 Å². The number of halogens is 2. The van der Waals surface area contributed by atoms with Crippen molar-refractivity contribution >= 4 is 23.2 Å². The molecule has 1 rings (SSSR count). The first kappa shape index (κ1) is 12.3. The van der Waals surface area contributed by atoms with Crippen LogP contribution in [-0.4, -0.2) is 30.6 Å². The average Bonchev–Trinajstić information content (AvgIpc) is 2.20. The summed E-state index contributed by atoms with van der Waals surface area (Å²) in [5, 5.41) is 0.694. The number of likely N-dealkylation sites (tertiary alicyclic amines) is 1. The summed E-state index contributed by atoms with van der Waals surface area (Å²) in [6, 6.07) is 0.462. The van der Waals surface area contributed by atoms with E-state index >= 15 is 0 Å². The summed E-state index contributed by atoms with van der Waals surface area (Å²) in [6.45, 7) is 4.79. The topological polar surface area (TPSA) is 29.3 Å². The molecule has 1 heterocycles. The molecule has 82 valence electrons. The first-order valence-corrected chi connectivity index (χ1v) is 5.87. The molecule has 2 atom stereocenters. The van der Waals surface area contributed by atoms with Crippen molar-refractivity contribution in [2.24, 2.45) is 11.7 Å². The Morgan fingerprint density at radius 1 is 1.64 bits per heavy atom. The number of hydrogen-bond donors (Lipinski definition) is 1. The number of rotatable bonds is 3. The van der Waals surface area contributed by atoms with Crippen LogP contribution in [0.1, 0.15) is 19.8 Å². The van der Waals surface area contributed by atoms with Crippen molar-refractivity contribution in [3.63, 3.8) is 0 Å². The number of hydrogen-bond acceptors (Lipinski definition) is 2. The second-order valence-corrected chi connectivity index (χ2v) is 4.75. The zero-order chi connectivity index (χ0) is 10.6. The molecule has 2 nitrogen and oxygen atoms in total. The SMILES string of the molecule is CC1CCN(CC(Cl)=CCl)C(CN)C1. The van der Waals surface area contributed by atoms with Gasteiger partial charge in [0.15, 0.2) is 0 Å². The zero-order valence-electron chi connectivity index (χ0n) is 8.55. The summed E-state index contributed by atoms with van der Waals surface area (Å²) in [5.74, 6) is 0.776. The van der Waals surface area contributed by atoms with Gasteiger partial charge in [-0.25, -0.2) is 0 Å². The van der Waals surface area contributed by atoms with Gasteiger partial charge in [-0.15, -0.1) is 0 Å². The van der Waals surface area contributed by atoms with Gasteiger partial charge in [0.25, 0.3) is 0 Å². The lowest BCUT2D eigenvalue weighted by atomic mass is 9.92. The highest BCUT2D eigenvalue weighted by atomic mass is 35.5. The van der Waals surface area contributed by atoms with Crippen molar-refractivity contribution < 1.29 is 0 Å². The van der Waals surface area contributed by atoms with Gasteiger partial charge < -0.3 is 5.73 Å². The third-order valence-corrected chi connectivity index (χ3v) is 3.45. The van der Waals surface area contributed by atoms with Crippen LogP contribution >= 0.6 is 23.2 Å². The molecule has 1 saturated heterocycles. The Morgan fingerprint density at radius 3 is 2.93 bits per heavy atom. The molecular formula is C10H18Cl2N2. The van der Waals surface area contributed by atoms with Crippen LogP contribution in [0, 0.1) is 5.92 Å². The van der Waals surface area contributed by atoms with E-state index in [-0.39, 0.29) is 0 Å². The molecule has 1 aliphatic rings. The van der Waals surface area contributed by atoms with Gasteiger partial charge in [-0.2, -0.15) is 0 Å². The van der Waals surface area contributed by atoms with Crippen LogP contribution < -0.4 is 5.73 Å². The van der Waals surface area contributed by atoms with Gasteiger partial charge in [-0.1, -0.05) is 30.1 Å². The van der Waals surface area contributed by atoms with Crippen molar-refractivity contribution in [2.45, 2.75) is 25.8 Å². The summed E-state index contributed by atoms with van der Waals surface area (Å²) >= 11 is 11.4. The number of nitrogens with zero attached hydrogens (tertiary/aromatic N) is 1. The Bertz CT molecular complexity index is 206. The molecule has 2 unspecified atom stereocenters. The van der Waals surface area contributed by atoms with E-state index in [1.54, 1.807) is 0 Å². The largest absolute Gasteiger partial charge is 0.329 e. The molecule has 14 heavy (non-hydrogen) atoms. The van der Waals surface area contributed by atoms with Crippen LogP contribution in [-0.2, 0) is 0 Å².